The van der Waals surface area contributed by atoms with Crippen LogP contribution in [0.25, 0.3) is 0 Å². The number of hydrogen-bond donors (Lipinski definition) is 0. The molecule has 6 nitrogen and oxygen atoms in total. The molecule has 0 radical (unpaired) electrons. The molecule has 0 heterocycles. The van der Waals surface area contributed by atoms with Crippen molar-refractivity contribution >= 4 is 17.9 Å². The van der Waals surface area contributed by atoms with Gasteiger partial charge in [0.05, 0.1) is 0 Å². The molecule has 0 bridgehead atoms. The first-order valence-corrected chi connectivity index (χ1v) is 23.7. The molecular weight excluding hydrogens is 721 g/mol. The van der Waals surface area contributed by atoms with Crippen molar-refractivity contribution in [2.45, 2.75) is 213 Å². The minimum atomic E-state index is -0.793. The van der Waals surface area contributed by atoms with E-state index in [0.717, 1.165) is 109 Å². The summed E-state index contributed by atoms with van der Waals surface area (Å²) >= 11 is 0. The topological polar surface area (TPSA) is 78.9 Å². The van der Waals surface area contributed by atoms with Gasteiger partial charge >= 0.3 is 17.9 Å². The second kappa shape index (κ2) is 46.3. The van der Waals surface area contributed by atoms with Gasteiger partial charge in [-0.05, 0) is 77.0 Å². The zero-order valence-electron chi connectivity index (χ0n) is 37.5. The normalized spacial score (nSPS) is 12.8. The van der Waals surface area contributed by atoms with Crippen molar-refractivity contribution < 1.29 is 28.6 Å². The Balaban J connectivity index is 4.44. The van der Waals surface area contributed by atoms with Crippen LogP contribution in [0.2, 0.25) is 0 Å². The minimum absolute atomic E-state index is 0.0940. The van der Waals surface area contributed by atoms with Gasteiger partial charge < -0.3 is 14.2 Å². The molecule has 0 rings (SSSR count). The molecule has 0 aliphatic carbocycles. The summed E-state index contributed by atoms with van der Waals surface area (Å²) in [4.78, 5) is 37.8. The van der Waals surface area contributed by atoms with E-state index in [1.54, 1.807) is 0 Å². The number of ether oxygens (including phenoxy) is 3. The Hall–Kier alpha value is -3.41. The van der Waals surface area contributed by atoms with Gasteiger partial charge in [-0.25, -0.2) is 0 Å². The molecule has 0 aliphatic rings. The van der Waals surface area contributed by atoms with Gasteiger partial charge in [0, 0.05) is 19.3 Å². The quantitative estimate of drug-likeness (QED) is 0.0201. The third-order valence-electron chi connectivity index (χ3n) is 9.70. The van der Waals surface area contributed by atoms with Gasteiger partial charge in [-0.2, -0.15) is 0 Å². The molecule has 1 atom stereocenters. The maximum absolute atomic E-state index is 12.7. The lowest BCUT2D eigenvalue weighted by atomic mass is 10.1. The number of allylic oxidation sites excluding steroid dienone is 14. The van der Waals surface area contributed by atoms with Crippen LogP contribution in [-0.2, 0) is 28.6 Å². The van der Waals surface area contributed by atoms with E-state index in [9.17, 15) is 14.4 Å². The van der Waals surface area contributed by atoms with Gasteiger partial charge in [0.2, 0.25) is 0 Å². The lowest BCUT2D eigenvalue weighted by Crippen LogP contribution is -2.30. The summed E-state index contributed by atoms with van der Waals surface area (Å²) < 4.78 is 16.7. The summed E-state index contributed by atoms with van der Waals surface area (Å²) in [5.41, 5.74) is 0. The van der Waals surface area contributed by atoms with Crippen LogP contribution in [0, 0.1) is 0 Å². The van der Waals surface area contributed by atoms with E-state index in [4.69, 9.17) is 14.2 Å². The van der Waals surface area contributed by atoms with Crippen LogP contribution in [0.15, 0.2) is 85.1 Å². The first-order chi connectivity index (χ1) is 28.5. The monoisotopic (exact) mass is 807 g/mol. The van der Waals surface area contributed by atoms with E-state index < -0.39 is 6.10 Å². The lowest BCUT2D eigenvalue weighted by Gasteiger charge is -2.18. The zero-order chi connectivity index (χ0) is 42.3. The number of esters is 3. The smallest absolute Gasteiger partial charge is 0.306 e. The molecule has 1 unspecified atom stereocenters. The Kier molecular flexibility index (Phi) is 43.6. The summed E-state index contributed by atoms with van der Waals surface area (Å²) in [5.74, 6) is -0.945. The van der Waals surface area contributed by atoms with Crippen LogP contribution in [0.1, 0.15) is 207 Å². The molecule has 0 fully saturated rings. The first kappa shape index (κ1) is 54.6. The molecule has 0 N–H and O–H groups in total. The van der Waals surface area contributed by atoms with Crippen molar-refractivity contribution in [3.63, 3.8) is 0 Å². The largest absolute Gasteiger partial charge is 0.462 e. The fraction of sp³-hybridized carbons (Fsp3) is 0.673. The Bertz CT molecular complexity index is 1160. The summed E-state index contributed by atoms with van der Waals surface area (Å²) in [6.07, 6.45) is 58.4. The van der Waals surface area contributed by atoms with E-state index in [2.05, 4.69) is 75.5 Å². The Labute approximate surface area is 356 Å². The van der Waals surface area contributed by atoms with Crippen molar-refractivity contribution in [2.24, 2.45) is 0 Å². The number of rotatable bonds is 41. The van der Waals surface area contributed by atoms with Crippen molar-refractivity contribution in [1.29, 1.82) is 0 Å². The number of hydrogen-bond acceptors (Lipinski definition) is 6. The molecule has 0 spiro atoms. The maximum Gasteiger partial charge on any atom is 0.306 e. The second-order valence-electron chi connectivity index (χ2n) is 15.4. The summed E-state index contributed by atoms with van der Waals surface area (Å²) in [6, 6.07) is 0. The molecule has 0 aromatic rings. The van der Waals surface area contributed by atoms with Crippen molar-refractivity contribution in [1.82, 2.24) is 0 Å². The summed E-state index contributed by atoms with van der Waals surface area (Å²) in [6.45, 7) is 6.41. The maximum atomic E-state index is 12.7. The Morgan fingerprint density at radius 3 is 1.09 bits per heavy atom. The molecule has 0 amide bonds. The van der Waals surface area contributed by atoms with Crippen LogP contribution >= 0.6 is 0 Å². The van der Waals surface area contributed by atoms with Gasteiger partial charge in [0.15, 0.2) is 6.10 Å². The van der Waals surface area contributed by atoms with Crippen molar-refractivity contribution in [3.05, 3.63) is 85.1 Å². The van der Waals surface area contributed by atoms with Crippen LogP contribution < -0.4 is 0 Å². The SMILES string of the molecule is CCC\C=C/C=C\C=C/C=C\C=C/CCCCCCCC(=O)OCC(COC(=O)CCCCCCC/C=C\CCCC)OC(=O)CCCCCCC/C=C\CCCC. The van der Waals surface area contributed by atoms with Crippen LogP contribution in [0.5, 0.6) is 0 Å². The first-order valence-electron chi connectivity index (χ1n) is 23.7. The van der Waals surface area contributed by atoms with Crippen LogP contribution in [0.4, 0.5) is 0 Å². The lowest BCUT2D eigenvalue weighted by molar-refractivity contribution is -0.167. The second-order valence-corrected chi connectivity index (χ2v) is 15.4. The molecule has 0 aliphatic heterocycles. The molecular formula is C52H86O6. The fourth-order valence-corrected chi connectivity index (χ4v) is 6.08. The highest BCUT2D eigenvalue weighted by atomic mass is 16.6. The standard InChI is InChI=1S/C52H86O6/c1-4-7-10-13-16-19-22-23-24-25-26-27-28-31-33-36-39-42-45-51(54)57-48-49(58-52(55)46-43-40-37-34-30-21-18-15-12-9-6-3)47-56-50(53)44-41-38-35-32-29-20-17-14-11-8-5-2/h10,13-19,22-27,49H,4-9,11-12,20-21,28-48H2,1-3H3/b13-10-,17-14-,18-15-,19-16-,23-22-,25-24-,27-26-. The Morgan fingerprint density at radius 2 is 0.672 bits per heavy atom. The number of unbranched alkanes of at least 4 members (excludes halogenated alkanes) is 20. The predicted molar refractivity (Wildman–Crippen MR) is 247 cm³/mol. The molecule has 0 aromatic carbocycles. The zero-order valence-corrected chi connectivity index (χ0v) is 37.5. The van der Waals surface area contributed by atoms with Gasteiger partial charge in [0.25, 0.3) is 0 Å². The molecule has 58 heavy (non-hydrogen) atoms. The van der Waals surface area contributed by atoms with Gasteiger partial charge in [-0.1, -0.05) is 196 Å². The van der Waals surface area contributed by atoms with Gasteiger partial charge in [-0.3, -0.25) is 14.4 Å². The summed E-state index contributed by atoms with van der Waals surface area (Å²) in [5, 5.41) is 0. The average molecular weight is 807 g/mol. The van der Waals surface area contributed by atoms with Crippen molar-refractivity contribution in [2.75, 3.05) is 13.2 Å². The molecule has 6 heteroatoms. The predicted octanol–water partition coefficient (Wildman–Crippen LogP) is 15.3. The average Bonchev–Trinajstić information content (AvgIpc) is 3.22. The van der Waals surface area contributed by atoms with E-state index in [0.29, 0.717) is 19.3 Å². The van der Waals surface area contributed by atoms with Crippen LogP contribution in [0.3, 0.4) is 0 Å². The van der Waals surface area contributed by atoms with Gasteiger partial charge in [-0.15, -0.1) is 0 Å². The molecule has 0 aromatic heterocycles. The van der Waals surface area contributed by atoms with E-state index in [1.165, 1.54) is 57.8 Å². The minimum Gasteiger partial charge on any atom is -0.462 e. The highest BCUT2D eigenvalue weighted by molar-refractivity contribution is 5.71. The number of carbonyl (C=O) groups excluding carboxylic acids is 3. The summed E-state index contributed by atoms with van der Waals surface area (Å²) in [7, 11) is 0. The van der Waals surface area contributed by atoms with E-state index >= 15 is 0 Å². The number of carbonyl (C=O) groups is 3. The molecule has 330 valence electrons. The van der Waals surface area contributed by atoms with E-state index in [-0.39, 0.29) is 31.1 Å². The fourth-order valence-electron chi connectivity index (χ4n) is 6.08. The van der Waals surface area contributed by atoms with Crippen molar-refractivity contribution in [3.8, 4) is 0 Å². The third kappa shape index (κ3) is 43.7. The van der Waals surface area contributed by atoms with Crippen LogP contribution in [-0.4, -0.2) is 37.2 Å². The highest BCUT2D eigenvalue weighted by Crippen LogP contribution is 2.13. The molecule has 0 saturated heterocycles. The Morgan fingerprint density at radius 1 is 0.345 bits per heavy atom. The third-order valence-corrected chi connectivity index (χ3v) is 9.70. The highest BCUT2D eigenvalue weighted by Gasteiger charge is 2.19. The van der Waals surface area contributed by atoms with Gasteiger partial charge in [0.1, 0.15) is 13.2 Å². The van der Waals surface area contributed by atoms with E-state index in [1.807, 2.05) is 30.4 Å². The molecule has 0 saturated carbocycles.